The first-order chi connectivity index (χ1) is 9.78. The van der Waals surface area contributed by atoms with Crippen molar-refractivity contribution in [1.29, 1.82) is 0 Å². The van der Waals surface area contributed by atoms with Crippen LogP contribution >= 0.6 is 27.3 Å². The number of fused-ring (bicyclic) bond motifs is 1. The molecule has 0 fully saturated rings. The van der Waals surface area contributed by atoms with Crippen molar-refractivity contribution in [3.05, 3.63) is 38.8 Å². The lowest BCUT2D eigenvalue weighted by molar-refractivity contribution is 0.174. The summed E-state index contributed by atoms with van der Waals surface area (Å²) < 4.78 is 11.8. The summed E-state index contributed by atoms with van der Waals surface area (Å²) in [5, 5.41) is 6.68. The number of benzene rings is 1. The molecule has 0 amide bonds. The van der Waals surface area contributed by atoms with Gasteiger partial charge in [0.15, 0.2) is 11.5 Å². The van der Waals surface area contributed by atoms with Crippen LogP contribution in [0.1, 0.15) is 30.0 Å². The van der Waals surface area contributed by atoms with Crippen LogP contribution in [0, 0.1) is 0 Å². The molecule has 0 aliphatic carbocycles. The molecule has 2 heterocycles. The van der Waals surface area contributed by atoms with Crippen molar-refractivity contribution in [1.82, 2.24) is 10.3 Å². The molecular formula is C14H15BrN2O2S. The number of halogens is 1. The molecule has 1 atom stereocenters. The highest BCUT2D eigenvalue weighted by Crippen LogP contribution is 2.37. The van der Waals surface area contributed by atoms with Gasteiger partial charge < -0.3 is 14.8 Å². The maximum atomic E-state index is 5.42. The second kappa shape index (κ2) is 6.11. The van der Waals surface area contributed by atoms with E-state index in [-0.39, 0.29) is 6.04 Å². The summed E-state index contributed by atoms with van der Waals surface area (Å²) in [6.07, 6.45) is 2.86. The summed E-state index contributed by atoms with van der Waals surface area (Å²) >= 11 is 5.27. The van der Waals surface area contributed by atoms with Crippen molar-refractivity contribution in [3.63, 3.8) is 0 Å². The lowest BCUT2D eigenvalue weighted by Crippen LogP contribution is -2.20. The lowest BCUT2D eigenvalue weighted by atomic mass is 10.1. The molecule has 106 valence electrons. The molecule has 1 aliphatic heterocycles. The zero-order valence-corrected chi connectivity index (χ0v) is 13.5. The minimum Gasteiger partial charge on any atom is -0.454 e. The van der Waals surface area contributed by atoms with Gasteiger partial charge in [0.1, 0.15) is 5.01 Å². The van der Waals surface area contributed by atoms with Gasteiger partial charge in [0.05, 0.1) is 6.04 Å². The molecule has 1 aromatic carbocycles. The highest BCUT2D eigenvalue weighted by molar-refractivity contribution is 9.10. The first kappa shape index (κ1) is 13.9. The molecule has 0 radical (unpaired) electrons. The molecule has 3 rings (SSSR count). The molecule has 2 aromatic rings. The van der Waals surface area contributed by atoms with Crippen LogP contribution in [0.2, 0.25) is 0 Å². The van der Waals surface area contributed by atoms with Crippen molar-refractivity contribution in [2.75, 3.05) is 6.79 Å². The van der Waals surface area contributed by atoms with Crippen LogP contribution < -0.4 is 14.8 Å². The lowest BCUT2D eigenvalue weighted by Gasteiger charge is -2.15. The van der Waals surface area contributed by atoms with Crippen LogP contribution in [0.3, 0.4) is 0 Å². The van der Waals surface area contributed by atoms with Gasteiger partial charge in [-0.3, -0.25) is 0 Å². The molecule has 1 aliphatic rings. The van der Waals surface area contributed by atoms with E-state index in [4.69, 9.17) is 9.47 Å². The van der Waals surface area contributed by atoms with E-state index in [1.807, 2.05) is 23.7 Å². The predicted octanol–water partition coefficient (Wildman–Crippen LogP) is 3.88. The van der Waals surface area contributed by atoms with E-state index in [9.17, 15) is 0 Å². The predicted molar refractivity (Wildman–Crippen MR) is 82.3 cm³/mol. The molecular weight excluding hydrogens is 340 g/mol. The summed E-state index contributed by atoms with van der Waals surface area (Å²) in [6, 6.07) is 4.27. The molecule has 20 heavy (non-hydrogen) atoms. The molecule has 0 bridgehead atoms. The quantitative estimate of drug-likeness (QED) is 0.884. The number of thiazole rings is 1. The average molecular weight is 355 g/mol. The Morgan fingerprint density at radius 1 is 1.40 bits per heavy atom. The SMILES string of the molecule is CCC(NCc1cc2c(cc1Br)OCO2)c1nccs1. The molecule has 0 saturated heterocycles. The van der Waals surface area contributed by atoms with Gasteiger partial charge in [-0.15, -0.1) is 11.3 Å². The Morgan fingerprint density at radius 3 is 2.90 bits per heavy atom. The normalized spacial score (nSPS) is 14.5. The Morgan fingerprint density at radius 2 is 2.20 bits per heavy atom. The van der Waals surface area contributed by atoms with Gasteiger partial charge in [-0.05, 0) is 24.1 Å². The molecule has 1 unspecified atom stereocenters. The van der Waals surface area contributed by atoms with Crippen LogP contribution in [0.25, 0.3) is 0 Å². The van der Waals surface area contributed by atoms with Crippen molar-refractivity contribution >= 4 is 27.3 Å². The fourth-order valence-electron chi connectivity index (χ4n) is 2.14. The van der Waals surface area contributed by atoms with Gasteiger partial charge in [-0.2, -0.15) is 0 Å². The second-order valence-corrected chi connectivity index (χ2v) is 6.29. The Balaban J connectivity index is 1.72. The number of aromatic nitrogens is 1. The Bertz CT molecular complexity index is 589. The third-order valence-corrected chi connectivity index (χ3v) is 4.87. The second-order valence-electron chi connectivity index (χ2n) is 4.51. The molecule has 1 aromatic heterocycles. The first-order valence-corrected chi connectivity index (χ1v) is 8.16. The average Bonchev–Trinajstić information content (AvgIpc) is 3.10. The highest BCUT2D eigenvalue weighted by Gasteiger charge is 2.17. The number of nitrogens with zero attached hydrogens (tertiary/aromatic N) is 1. The highest BCUT2D eigenvalue weighted by atomic mass is 79.9. The third kappa shape index (κ3) is 2.82. The molecule has 0 saturated carbocycles. The molecule has 0 spiro atoms. The van der Waals surface area contributed by atoms with Crippen LogP contribution in [0.5, 0.6) is 11.5 Å². The number of hydrogen-bond donors (Lipinski definition) is 1. The molecule has 6 heteroatoms. The maximum Gasteiger partial charge on any atom is 0.231 e. The van der Waals surface area contributed by atoms with Gasteiger partial charge in [-0.25, -0.2) is 4.98 Å². The standard InChI is InChI=1S/C14H15BrN2O2S/c1-2-11(14-16-3-4-20-14)17-7-9-5-12-13(6-10(9)15)19-8-18-12/h3-6,11,17H,2,7-8H2,1H3. The fraction of sp³-hybridized carbons (Fsp3) is 0.357. The van der Waals surface area contributed by atoms with Gasteiger partial charge in [-0.1, -0.05) is 22.9 Å². The van der Waals surface area contributed by atoms with Gasteiger partial charge in [0.2, 0.25) is 6.79 Å². The Hall–Kier alpha value is -1.11. The number of ether oxygens (including phenoxy) is 2. The number of nitrogens with one attached hydrogen (secondary N) is 1. The third-order valence-electron chi connectivity index (χ3n) is 3.24. The van der Waals surface area contributed by atoms with Crippen LogP contribution in [-0.4, -0.2) is 11.8 Å². The van der Waals surface area contributed by atoms with Crippen LogP contribution in [0.4, 0.5) is 0 Å². The largest absolute Gasteiger partial charge is 0.454 e. The van der Waals surface area contributed by atoms with Crippen LogP contribution in [-0.2, 0) is 6.54 Å². The van der Waals surface area contributed by atoms with Crippen molar-refractivity contribution in [2.45, 2.75) is 25.9 Å². The molecule has 1 N–H and O–H groups in total. The first-order valence-electron chi connectivity index (χ1n) is 6.48. The smallest absolute Gasteiger partial charge is 0.231 e. The monoisotopic (exact) mass is 354 g/mol. The van der Waals surface area contributed by atoms with Gasteiger partial charge in [0, 0.05) is 22.6 Å². The van der Waals surface area contributed by atoms with E-state index in [1.54, 1.807) is 11.3 Å². The maximum absolute atomic E-state index is 5.42. The summed E-state index contributed by atoms with van der Waals surface area (Å²) in [5.74, 6) is 1.61. The van der Waals surface area contributed by atoms with Crippen molar-refractivity contribution < 1.29 is 9.47 Å². The van der Waals surface area contributed by atoms with Crippen molar-refractivity contribution in [2.24, 2.45) is 0 Å². The van der Waals surface area contributed by atoms with E-state index >= 15 is 0 Å². The molecule has 4 nitrogen and oxygen atoms in total. The van der Waals surface area contributed by atoms with E-state index in [2.05, 4.69) is 33.2 Å². The topological polar surface area (TPSA) is 43.4 Å². The zero-order valence-electron chi connectivity index (χ0n) is 11.1. The Labute approximate surface area is 130 Å². The summed E-state index contributed by atoms with van der Waals surface area (Å²) in [4.78, 5) is 4.38. The van der Waals surface area contributed by atoms with Crippen molar-refractivity contribution in [3.8, 4) is 11.5 Å². The Kier molecular flexibility index (Phi) is 4.24. The van der Waals surface area contributed by atoms with E-state index in [0.717, 1.165) is 39.5 Å². The minimum atomic E-state index is 0.285. The van der Waals surface area contributed by atoms with E-state index in [1.165, 1.54) is 0 Å². The summed E-state index contributed by atoms with van der Waals surface area (Å²) in [6.45, 7) is 3.22. The van der Waals surface area contributed by atoms with Crippen LogP contribution in [0.15, 0.2) is 28.2 Å². The number of rotatable bonds is 5. The minimum absolute atomic E-state index is 0.285. The van der Waals surface area contributed by atoms with Gasteiger partial charge in [0.25, 0.3) is 0 Å². The zero-order chi connectivity index (χ0) is 13.9. The summed E-state index contributed by atoms with van der Waals surface area (Å²) in [7, 11) is 0. The summed E-state index contributed by atoms with van der Waals surface area (Å²) in [5.41, 5.74) is 1.16. The van der Waals surface area contributed by atoms with E-state index < -0.39 is 0 Å². The van der Waals surface area contributed by atoms with E-state index in [0.29, 0.717) is 6.79 Å². The number of hydrogen-bond acceptors (Lipinski definition) is 5. The van der Waals surface area contributed by atoms with Gasteiger partial charge >= 0.3 is 0 Å². The fourth-order valence-corrected chi connectivity index (χ4v) is 3.40.